The minimum Gasteiger partial charge on any atom is -0.512 e. The molecule has 0 unspecified atom stereocenters. The quantitative estimate of drug-likeness (QED) is 0.350. The average molecular weight is 336 g/mol. The van der Waals surface area contributed by atoms with E-state index >= 15 is 0 Å². The maximum atomic E-state index is 10.4. The van der Waals surface area contributed by atoms with Crippen LogP contribution in [0.2, 0.25) is 0 Å². The highest BCUT2D eigenvalue weighted by Crippen LogP contribution is 2.34. The van der Waals surface area contributed by atoms with E-state index in [0.717, 1.165) is 24.8 Å². The van der Waals surface area contributed by atoms with Gasteiger partial charge in [-0.05, 0) is 37.7 Å². The fraction of sp³-hybridized carbons (Fsp3) is 0.650. The van der Waals surface area contributed by atoms with Crippen molar-refractivity contribution >= 4 is 5.97 Å². The monoisotopic (exact) mass is 336 g/mol. The lowest BCUT2D eigenvalue weighted by Crippen LogP contribution is -2.15. The Labute approximate surface area is 145 Å². The Balaban J connectivity index is 2.41. The Morgan fingerprint density at radius 3 is 2.58 bits per heavy atom. The average Bonchev–Trinajstić information content (AvgIpc) is 2.80. The van der Waals surface area contributed by atoms with Gasteiger partial charge >= 0.3 is 5.97 Å². The first-order valence-corrected chi connectivity index (χ1v) is 9.19. The lowest BCUT2D eigenvalue weighted by atomic mass is 9.94. The first-order valence-electron chi connectivity index (χ1n) is 9.19. The maximum Gasteiger partial charge on any atom is 0.303 e. The molecular formula is C20H32O4. The molecule has 2 atom stereocenters. The number of rotatable bonds is 12. The van der Waals surface area contributed by atoms with E-state index in [9.17, 15) is 15.0 Å². The number of aliphatic carboxylic acids is 1. The fourth-order valence-corrected chi connectivity index (χ4v) is 3.01. The van der Waals surface area contributed by atoms with Crippen LogP contribution in [0.15, 0.2) is 35.6 Å². The molecule has 1 aliphatic carbocycles. The van der Waals surface area contributed by atoms with E-state index in [1.54, 1.807) is 0 Å². The van der Waals surface area contributed by atoms with E-state index < -0.39 is 12.1 Å². The van der Waals surface area contributed by atoms with Gasteiger partial charge in [-0.25, -0.2) is 0 Å². The Hall–Kier alpha value is -1.55. The van der Waals surface area contributed by atoms with Crippen molar-refractivity contribution in [2.45, 2.75) is 77.2 Å². The zero-order valence-electron chi connectivity index (χ0n) is 14.8. The van der Waals surface area contributed by atoms with Gasteiger partial charge in [0.15, 0.2) is 0 Å². The molecule has 0 spiro atoms. The number of aliphatic hydroxyl groups is 2. The summed E-state index contributed by atoms with van der Waals surface area (Å²) in [5, 5.41) is 28.8. The maximum absolute atomic E-state index is 10.4. The van der Waals surface area contributed by atoms with Crippen LogP contribution in [0.1, 0.15) is 71.1 Å². The van der Waals surface area contributed by atoms with Gasteiger partial charge in [0.25, 0.3) is 0 Å². The number of carboxylic acids is 1. The van der Waals surface area contributed by atoms with Crippen LogP contribution in [0.25, 0.3) is 0 Å². The van der Waals surface area contributed by atoms with Crippen molar-refractivity contribution in [2.75, 3.05) is 0 Å². The van der Waals surface area contributed by atoms with Gasteiger partial charge < -0.3 is 15.3 Å². The van der Waals surface area contributed by atoms with Gasteiger partial charge in [0.2, 0.25) is 0 Å². The van der Waals surface area contributed by atoms with E-state index in [0.29, 0.717) is 25.0 Å². The second kappa shape index (κ2) is 11.9. The van der Waals surface area contributed by atoms with Crippen LogP contribution in [0, 0.1) is 5.92 Å². The van der Waals surface area contributed by atoms with Crippen LogP contribution in [0.3, 0.4) is 0 Å². The van der Waals surface area contributed by atoms with Crippen LogP contribution >= 0.6 is 0 Å². The minimum absolute atomic E-state index is 0.0624. The summed E-state index contributed by atoms with van der Waals surface area (Å²) in [4.78, 5) is 10.4. The molecule has 4 heteroatoms. The first-order chi connectivity index (χ1) is 11.6. The number of hydrogen-bond donors (Lipinski definition) is 3. The molecule has 0 aromatic carbocycles. The summed E-state index contributed by atoms with van der Waals surface area (Å²) < 4.78 is 0. The van der Waals surface area contributed by atoms with Gasteiger partial charge in [0.1, 0.15) is 0 Å². The molecular weight excluding hydrogens is 304 g/mol. The van der Waals surface area contributed by atoms with Crippen molar-refractivity contribution in [2.24, 2.45) is 5.92 Å². The molecule has 1 rings (SSSR count). The lowest BCUT2D eigenvalue weighted by molar-refractivity contribution is -0.137. The third-order valence-corrected chi connectivity index (χ3v) is 4.44. The Morgan fingerprint density at radius 2 is 1.88 bits per heavy atom. The molecule has 0 saturated heterocycles. The van der Waals surface area contributed by atoms with E-state index in [4.69, 9.17) is 5.11 Å². The molecule has 4 nitrogen and oxygen atoms in total. The van der Waals surface area contributed by atoms with Crippen molar-refractivity contribution in [1.82, 2.24) is 0 Å². The number of carboxylic acid groups (broad SMARTS) is 1. The van der Waals surface area contributed by atoms with Crippen molar-refractivity contribution in [3.8, 4) is 0 Å². The van der Waals surface area contributed by atoms with Crippen molar-refractivity contribution in [3.05, 3.63) is 35.6 Å². The highest BCUT2D eigenvalue weighted by Gasteiger charge is 2.31. The van der Waals surface area contributed by atoms with E-state index in [-0.39, 0.29) is 12.3 Å². The predicted molar refractivity (Wildman–Crippen MR) is 96.9 cm³/mol. The van der Waals surface area contributed by atoms with Gasteiger partial charge in [0.05, 0.1) is 11.9 Å². The molecule has 1 aliphatic rings. The van der Waals surface area contributed by atoms with Crippen LogP contribution < -0.4 is 0 Å². The Bertz CT molecular complexity index is 462. The predicted octanol–water partition coefficient (Wildman–Crippen LogP) is 4.91. The molecule has 0 aliphatic heterocycles. The second-order valence-corrected chi connectivity index (χ2v) is 6.52. The molecule has 0 saturated carbocycles. The highest BCUT2D eigenvalue weighted by molar-refractivity contribution is 5.66. The van der Waals surface area contributed by atoms with Gasteiger partial charge in [-0.2, -0.15) is 0 Å². The molecule has 0 amide bonds. The van der Waals surface area contributed by atoms with Gasteiger partial charge in [-0.1, -0.05) is 50.5 Å². The van der Waals surface area contributed by atoms with Crippen LogP contribution in [0.4, 0.5) is 0 Å². The third kappa shape index (κ3) is 7.82. The highest BCUT2D eigenvalue weighted by atomic mass is 16.4. The van der Waals surface area contributed by atoms with Gasteiger partial charge in [-0.3, -0.25) is 4.79 Å². The molecule has 0 fully saturated rings. The summed E-state index contributed by atoms with van der Waals surface area (Å²) in [6.07, 6.45) is 15.9. The Morgan fingerprint density at radius 1 is 1.12 bits per heavy atom. The van der Waals surface area contributed by atoms with Gasteiger partial charge in [-0.15, -0.1) is 0 Å². The second-order valence-electron chi connectivity index (χ2n) is 6.52. The van der Waals surface area contributed by atoms with Crippen molar-refractivity contribution < 1.29 is 20.1 Å². The Kier molecular flexibility index (Phi) is 10.2. The lowest BCUT2D eigenvalue weighted by Gasteiger charge is -2.14. The third-order valence-electron chi connectivity index (χ3n) is 4.44. The molecule has 24 heavy (non-hydrogen) atoms. The largest absolute Gasteiger partial charge is 0.512 e. The summed E-state index contributed by atoms with van der Waals surface area (Å²) in [6.45, 7) is 2.19. The molecule has 0 aromatic rings. The normalized spacial score (nSPS) is 21.4. The number of allylic oxidation sites excluding steroid dienone is 4. The van der Waals surface area contributed by atoms with Crippen LogP contribution in [0.5, 0.6) is 0 Å². The smallest absolute Gasteiger partial charge is 0.303 e. The molecule has 0 radical (unpaired) electrons. The summed E-state index contributed by atoms with van der Waals surface area (Å²) in [5.74, 6) is -0.530. The van der Waals surface area contributed by atoms with Gasteiger partial charge in [0, 0.05) is 18.8 Å². The molecule has 136 valence electrons. The molecule has 0 aromatic heterocycles. The van der Waals surface area contributed by atoms with E-state index in [2.05, 4.69) is 13.0 Å². The van der Waals surface area contributed by atoms with E-state index in [1.165, 1.54) is 19.3 Å². The topological polar surface area (TPSA) is 77.8 Å². The fourth-order valence-electron chi connectivity index (χ4n) is 3.01. The number of unbranched alkanes of at least 4 members (excludes halogenated alkanes) is 5. The van der Waals surface area contributed by atoms with Crippen molar-refractivity contribution in [3.63, 3.8) is 0 Å². The SMILES string of the molecule is CCCCCCC=CC1=C(O)C[C@H](O)[C@@H]1C/C=C/CCCC(=O)O. The summed E-state index contributed by atoms with van der Waals surface area (Å²) >= 11 is 0. The summed E-state index contributed by atoms with van der Waals surface area (Å²) in [7, 11) is 0. The summed E-state index contributed by atoms with van der Waals surface area (Å²) in [5.41, 5.74) is 0.855. The minimum atomic E-state index is -0.770. The molecule has 0 heterocycles. The molecule has 3 N–H and O–H groups in total. The van der Waals surface area contributed by atoms with Crippen LogP contribution in [-0.4, -0.2) is 27.4 Å². The molecule has 0 bridgehead atoms. The zero-order chi connectivity index (χ0) is 17.8. The zero-order valence-corrected chi connectivity index (χ0v) is 14.8. The van der Waals surface area contributed by atoms with Crippen LogP contribution in [-0.2, 0) is 4.79 Å². The number of hydrogen-bond acceptors (Lipinski definition) is 3. The van der Waals surface area contributed by atoms with E-state index in [1.807, 2.05) is 18.2 Å². The summed E-state index contributed by atoms with van der Waals surface area (Å²) in [6, 6.07) is 0. The first kappa shape index (κ1) is 20.5. The number of aliphatic hydroxyl groups excluding tert-OH is 2. The number of carbonyl (C=O) groups is 1. The van der Waals surface area contributed by atoms with Crippen molar-refractivity contribution in [1.29, 1.82) is 0 Å². The standard InChI is InChI=1S/C20H32O4/c1-2-3-4-5-6-9-12-16-17(19(22)15-18(16)21)13-10-7-8-11-14-20(23)24/h7,9-10,12,17,19,21-22H,2-6,8,11,13-15H2,1H3,(H,23,24)/b10-7+,12-9?/t17-,19+/m1/s1.